The number of hydrogen-bond donors (Lipinski definition) is 6. The summed E-state index contributed by atoms with van der Waals surface area (Å²) in [4.78, 5) is 5.99. The van der Waals surface area contributed by atoms with Gasteiger partial charge in [0.15, 0.2) is 15.8 Å². The lowest BCUT2D eigenvalue weighted by atomic mass is 9.98. The van der Waals surface area contributed by atoms with Gasteiger partial charge < -0.3 is 21.1 Å². The number of aromatic nitrogens is 6. The number of imidazole rings is 1. The van der Waals surface area contributed by atoms with Gasteiger partial charge in [0.2, 0.25) is 15.8 Å². The number of aliphatic hydroxyl groups is 1. The zero-order valence-corrected chi connectivity index (χ0v) is 19.6. The number of H-pyrrole nitrogens is 2. The minimum absolute atomic E-state index is 0.142. The van der Waals surface area contributed by atoms with Crippen molar-refractivity contribution < 1.29 is 21.9 Å². The van der Waals surface area contributed by atoms with Crippen LogP contribution in [0.3, 0.4) is 0 Å². The number of tetrazole rings is 1. The van der Waals surface area contributed by atoms with Crippen LogP contribution in [0.2, 0.25) is 0 Å². The van der Waals surface area contributed by atoms with Crippen LogP contribution in [0.15, 0.2) is 40.1 Å². The summed E-state index contributed by atoms with van der Waals surface area (Å²) < 4.78 is 52.6. The molecule has 1 saturated heterocycles. The lowest BCUT2D eigenvalue weighted by Gasteiger charge is -2.18. The Morgan fingerprint density at radius 1 is 1.09 bits per heavy atom. The average molecular weight is 520 g/mol. The van der Waals surface area contributed by atoms with Crippen molar-refractivity contribution in [2.45, 2.75) is 15.9 Å². The van der Waals surface area contributed by atoms with Gasteiger partial charge in [-0.05, 0) is 22.9 Å². The highest BCUT2D eigenvalue weighted by atomic mass is 32.2. The van der Waals surface area contributed by atoms with Crippen LogP contribution in [0, 0.1) is 5.92 Å². The van der Waals surface area contributed by atoms with Gasteiger partial charge in [-0.2, -0.15) is 5.21 Å². The number of primary sulfonamides is 1. The smallest absolute Gasteiger partial charge is 0.240 e. The molecular weight excluding hydrogens is 498 g/mol. The van der Waals surface area contributed by atoms with Crippen molar-refractivity contribution in [1.29, 1.82) is 0 Å². The fourth-order valence-electron chi connectivity index (χ4n) is 4.33. The summed E-state index contributed by atoms with van der Waals surface area (Å²) in [5, 5.41) is 32.2. The Morgan fingerprint density at radius 3 is 2.54 bits per heavy atom. The highest BCUT2D eigenvalue weighted by Crippen LogP contribution is 2.41. The van der Waals surface area contributed by atoms with E-state index in [0.717, 1.165) is 0 Å². The lowest BCUT2D eigenvalue weighted by Crippen LogP contribution is -2.28. The lowest BCUT2D eigenvalue weighted by molar-refractivity contribution is 0.157. The van der Waals surface area contributed by atoms with Crippen LogP contribution in [0.5, 0.6) is 0 Å². The average Bonchev–Trinajstić information content (AvgIpc) is 3.53. The molecule has 0 radical (unpaired) electrons. The van der Waals surface area contributed by atoms with Crippen LogP contribution in [0.4, 0.5) is 5.95 Å². The number of nitrogens with one attached hydrogen (secondary N) is 3. The van der Waals surface area contributed by atoms with Gasteiger partial charge in [0.25, 0.3) is 0 Å². The maximum absolute atomic E-state index is 13.4. The number of para-hydroxylation sites is 1. The first kappa shape index (κ1) is 23.3. The first-order chi connectivity index (χ1) is 16.6. The zero-order chi connectivity index (χ0) is 25.0. The number of hydrogen-bond acceptors (Lipinski definition) is 11. The molecule has 0 saturated carbocycles. The van der Waals surface area contributed by atoms with Gasteiger partial charge in [0.05, 0.1) is 33.3 Å². The second-order valence-corrected chi connectivity index (χ2v) is 11.7. The minimum Gasteiger partial charge on any atom is -0.391 e. The Hall–Kier alpha value is -3.44. The molecule has 0 unspecified atom stereocenters. The molecule has 2 aromatic carbocycles. The summed E-state index contributed by atoms with van der Waals surface area (Å²) in [6, 6.07) is 7.72. The van der Waals surface area contributed by atoms with Gasteiger partial charge in [0.1, 0.15) is 4.90 Å². The molecule has 184 valence electrons. The Labute approximate surface area is 199 Å². The standard InChI is InChI=1S/C19H21N9O5S2/c20-19-23-12-3-1-2-11(16(12)24-19)10-4-5-14(34(30,31)8-9-6-22-7-13(9)29)17(35(21,32)33)15(10)18-25-27-28-26-18/h1-5,9,13,22,29H,6-8H2,(H3,20,23,24)(H2,21,32,33)(H,25,26,27,28)/t9-,13-/m1/s1. The van der Waals surface area contributed by atoms with Crippen LogP contribution in [-0.2, 0) is 19.9 Å². The summed E-state index contributed by atoms with van der Waals surface area (Å²) in [7, 11) is -8.86. The Morgan fingerprint density at radius 2 is 1.89 bits per heavy atom. The predicted molar refractivity (Wildman–Crippen MR) is 125 cm³/mol. The van der Waals surface area contributed by atoms with Crippen molar-refractivity contribution in [2.24, 2.45) is 11.1 Å². The van der Waals surface area contributed by atoms with E-state index in [0.29, 0.717) is 16.6 Å². The van der Waals surface area contributed by atoms with E-state index >= 15 is 0 Å². The van der Waals surface area contributed by atoms with Crippen molar-refractivity contribution in [2.75, 3.05) is 24.6 Å². The summed E-state index contributed by atoms with van der Waals surface area (Å²) in [5.41, 5.74) is 7.36. The van der Waals surface area contributed by atoms with E-state index in [1.54, 1.807) is 18.2 Å². The molecule has 0 spiro atoms. The molecule has 4 aromatic rings. The van der Waals surface area contributed by atoms with E-state index in [1.807, 2.05) is 0 Å². The van der Waals surface area contributed by atoms with Crippen molar-refractivity contribution in [3.63, 3.8) is 0 Å². The highest BCUT2D eigenvalue weighted by molar-refractivity contribution is 7.93. The molecule has 1 fully saturated rings. The fourth-order valence-corrected chi connectivity index (χ4v) is 7.64. The van der Waals surface area contributed by atoms with Gasteiger partial charge >= 0.3 is 0 Å². The van der Waals surface area contributed by atoms with Gasteiger partial charge in [-0.25, -0.2) is 27.0 Å². The number of sulfonamides is 1. The fraction of sp³-hybridized carbons (Fsp3) is 0.263. The molecule has 0 amide bonds. The first-order valence-corrected chi connectivity index (χ1v) is 13.6. The first-order valence-electron chi connectivity index (χ1n) is 10.4. The number of nitrogen functional groups attached to an aromatic ring is 1. The topological polar surface area (TPSA) is 236 Å². The van der Waals surface area contributed by atoms with Crippen molar-refractivity contribution in [1.82, 2.24) is 35.9 Å². The van der Waals surface area contributed by atoms with E-state index in [2.05, 4.69) is 35.9 Å². The number of nitrogens with zero attached hydrogens (tertiary/aromatic N) is 4. The molecule has 16 heteroatoms. The number of aliphatic hydroxyl groups excluding tert-OH is 1. The predicted octanol–water partition coefficient (Wildman–Crippen LogP) is -1.01. The Bertz CT molecular complexity index is 1630. The van der Waals surface area contributed by atoms with Crippen molar-refractivity contribution in [3.05, 3.63) is 30.3 Å². The number of anilines is 1. The molecule has 35 heavy (non-hydrogen) atoms. The third kappa shape index (κ3) is 4.14. The molecule has 0 bridgehead atoms. The van der Waals surface area contributed by atoms with Crippen LogP contribution in [0.1, 0.15) is 0 Å². The Kier molecular flexibility index (Phi) is 5.56. The molecule has 2 atom stereocenters. The molecule has 1 aliphatic heterocycles. The van der Waals surface area contributed by atoms with Crippen LogP contribution < -0.4 is 16.2 Å². The second-order valence-electron chi connectivity index (χ2n) is 8.19. The normalized spacial score (nSPS) is 18.9. The second kappa shape index (κ2) is 8.35. The van der Waals surface area contributed by atoms with Crippen molar-refractivity contribution in [3.8, 4) is 22.5 Å². The Balaban J connectivity index is 1.81. The zero-order valence-electron chi connectivity index (χ0n) is 18.0. The van der Waals surface area contributed by atoms with Crippen LogP contribution >= 0.6 is 0 Å². The SMILES string of the molecule is Nc1nc2c(-c3ccc(S(=O)(=O)C[C@H]4CNC[C@H]4O)c(S(N)(=O)=O)c3-c3nn[nH]n3)cccc2[nH]1. The molecule has 2 aromatic heterocycles. The van der Waals surface area contributed by atoms with Gasteiger partial charge in [-0.1, -0.05) is 18.2 Å². The monoisotopic (exact) mass is 519 g/mol. The molecular formula is C19H21N9O5S2. The largest absolute Gasteiger partial charge is 0.391 e. The molecule has 1 aliphatic rings. The number of benzene rings is 2. The van der Waals surface area contributed by atoms with Gasteiger partial charge in [-0.15, -0.1) is 10.2 Å². The molecule has 14 nitrogen and oxygen atoms in total. The third-order valence-corrected chi connectivity index (χ3v) is 8.87. The number of β-amino-alcohol motifs (C(OH)–C–C–N with tert-alkyl or cyclic N) is 1. The number of aromatic amines is 2. The third-order valence-electron chi connectivity index (χ3n) is 5.87. The minimum atomic E-state index is -4.63. The van der Waals surface area contributed by atoms with E-state index in [1.165, 1.54) is 12.1 Å². The quantitative estimate of drug-likeness (QED) is 0.180. The highest BCUT2D eigenvalue weighted by Gasteiger charge is 2.36. The van der Waals surface area contributed by atoms with Crippen LogP contribution in [0.25, 0.3) is 33.5 Å². The summed E-state index contributed by atoms with van der Waals surface area (Å²) in [6.45, 7) is 0.509. The maximum Gasteiger partial charge on any atom is 0.240 e. The number of rotatable bonds is 6. The maximum atomic E-state index is 13.4. The van der Waals surface area contributed by atoms with E-state index in [4.69, 9.17) is 10.9 Å². The van der Waals surface area contributed by atoms with Gasteiger partial charge in [-0.3, -0.25) is 0 Å². The number of nitrogens with two attached hydrogens (primary N) is 2. The van der Waals surface area contributed by atoms with E-state index < -0.39 is 47.4 Å². The summed E-state index contributed by atoms with van der Waals surface area (Å²) in [6.07, 6.45) is -0.888. The van der Waals surface area contributed by atoms with Crippen LogP contribution in [-0.4, -0.2) is 77.5 Å². The number of fused-ring (bicyclic) bond motifs is 1. The van der Waals surface area contributed by atoms with E-state index in [-0.39, 0.29) is 36.0 Å². The van der Waals surface area contributed by atoms with Crippen molar-refractivity contribution >= 4 is 36.8 Å². The molecule has 3 heterocycles. The summed E-state index contributed by atoms with van der Waals surface area (Å²) >= 11 is 0. The molecule has 0 aliphatic carbocycles. The molecule has 5 rings (SSSR count). The number of sulfone groups is 1. The summed E-state index contributed by atoms with van der Waals surface area (Å²) in [5.74, 6) is -1.14. The van der Waals surface area contributed by atoms with Gasteiger partial charge in [0, 0.05) is 24.6 Å². The molecule has 8 N–H and O–H groups in total. The van der Waals surface area contributed by atoms with E-state index in [9.17, 15) is 21.9 Å².